The molecule has 0 saturated carbocycles. The van der Waals surface area contributed by atoms with Gasteiger partial charge < -0.3 is 15.0 Å². The van der Waals surface area contributed by atoms with Gasteiger partial charge in [0.25, 0.3) is 0 Å². The zero-order chi connectivity index (χ0) is 15.4. The average Bonchev–Trinajstić information content (AvgIpc) is 2.76. The summed E-state index contributed by atoms with van der Waals surface area (Å²) in [6.45, 7) is 4.63. The molecule has 5 heteroatoms. The number of carbonyl (C=O) groups is 1. The Morgan fingerprint density at radius 1 is 1.43 bits per heavy atom. The topological polar surface area (TPSA) is 81.0 Å². The Kier molecular flexibility index (Phi) is 4.29. The van der Waals surface area contributed by atoms with Crippen molar-refractivity contribution < 1.29 is 9.53 Å². The SMILES string of the molecule is CCOC(=O)/C(C#N)=C/c1c(N)n(CC)c2ccccc12. The van der Waals surface area contributed by atoms with Crippen LogP contribution in [0.3, 0.4) is 0 Å². The summed E-state index contributed by atoms with van der Waals surface area (Å²) in [5.41, 5.74) is 7.76. The molecular formula is C16H17N3O2. The fourth-order valence-corrected chi connectivity index (χ4v) is 2.33. The van der Waals surface area contributed by atoms with Crippen LogP contribution < -0.4 is 5.73 Å². The smallest absolute Gasteiger partial charge is 0.348 e. The Morgan fingerprint density at radius 3 is 2.76 bits per heavy atom. The quantitative estimate of drug-likeness (QED) is 0.531. The molecule has 0 saturated heterocycles. The van der Waals surface area contributed by atoms with Crippen LogP contribution >= 0.6 is 0 Å². The van der Waals surface area contributed by atoms with Gasteiger partial charge in [-0.25, -0.2) is 4.79 Å². The minimum absolute atomic E-state index is 0.0532. The fourth-order valence-electron chi connectivity index (χ4n) is 2.33. The largest absolute Gasteiger partial charge is 0.462 e. The van der Waals surface area contributed by atoms with Crippen molar-refractivity contribution in [1.82, 2.24) is 4.57 Å². The van der Waals surface area contributed by atoms with E-state index in [0.29, 0.717) is 17.9 Å². The van der Waals surface area contributed by atoms with Gasteiger partial charge in [0.2, 0.25) is 0 Å². The minimum atomic E-state index is -0.632. The molecular weight excluding hydrogens is 266 g/mol. The standard InChI is InChI=1S/C16H17N3O2/c1-3-19-14-8-6-5-7-12(14)13(15(19)18)9-11(10-17)16(20)21-4-2/h5-9H,3-4,18H2,1-2H3/b11-9+. The number of nitrogens with zero attached hydrogens (tertiary/aromatic N) is 2. The van der Waals surface area contributed by atoms with Crippen molar-refractivity contribution >= 4 is 28.8 Å². The lowest BCUT2D eigenvalue weighted by Crippen LogP contribution is -2.06. The van der Waals surface area contributed by atoms with Crippen molar-refractivity contribution in [3.63, 3.8) is 0 Å². The number of hydrogen-bond acceptors (Lipinski definition) is 4. The monoisotopic (exact) mass is 283 g/mol. The van der Waals surface area contributed by atoms with E-state index >= 15 is 0 Å². The molecule has 0 aliphatic carbocycles. The van der Waals surface area contributed by atoms with Crippen molar-refractivity contribution in [1.29, 1.82) is 5.26 Å². The number of aryl methyl sites for hydroxylation is 1. The Bertz CT molecular complexity index is 751. The third kappa shape index (κ3) is 2.61. The number of fused-ring (bicyclic) bond motifs is 1. The highest BCUT2D eigenvalue weighted by atomic mass is 16.5. The van der Waals surface area contributed by atoms with E-state index in [9.17, 15) is 4.79 Å². The summed E-state index contributed by atoms with van der Waals surface area (Å²) < 4.78 is 6.82. The molecule has 0 amide bonds. The molecule has 0 fully saturated rings. The zero-order valence-corrected chi connectivity index (χ0v) is 12.1. The first kappa shape index (κ1) is 14.7. The molecule has 2 aromatic rings. The van der Waals surface area contributed by atoms with E-state index in [0.717, 1.165) is 10.9 Å². The predicted molar refractivity (Wildman–Crippen MR) is 82.2 cm³/mol. The highest BCUT2D eigenvalue weighted by Crippen LogP contribution is 2.30. The van der Waals surface area contributed by atoms with Crippen molar-refractivity contribution in [3.8, 4) is 6.07 Å². The molecule has 0 radical (unpaired) electrons. The van der Waals surface area contributed by atoms with Gasteiger partial charge in [-0.2, -0.15) is 5.26 Å². The van der Waals surface area contributed by atoms with E-state index in [2.05, 4.69) is 0 Å². The number of anilines is 1. The van der Waals surface area contributed by atoms with Crippen LogP contribution in [-0.2, 0) is 16.1 Å². The Morgan fingerprint density at radius 2 is 2.14 bits per heavy atom. The number of carbonyl (C=O) groups excluding carboxylic acids is 1. The number of esters is 1. The third-order valence-electron chi connectivity index (χ3n) is 3.27. The maximum atomic E-state index is 11.7. The number of hydrogen-bond donors (Lipinski definition) is 1. The number of nitrogens with two attached hydrogens (primary N) is 1. The highest BCUT2D eigenvalue weighted by Gasteiger charge is 2.16. The highest BCUT2D eigenvalue weighted by molar-refractivity contribution is 6.03. The summed E-state index contributed by atoms with van der Waals surface area (Å²) in [7, 11) is 0. The van der Waals surface area contributed by atoms with E-state index in [-0.39, 0.29) is 12.2 Å². The molecule has 0 bridgehead atoms. The van der Waals surface area contributed by atoms with E-state index in [4.69, 9.17) is 15.7 Å². The van der Waals surface area contributed by atoms with Crippen molar-refractivity contribution in [2.45, 2.75) is 20.4 Å². The molecule has 108 valence electrons. The van der Waals surface area contributed by atoms with Crippen LogP contribution in [0.5, 0.6) is 0 Å². The molecule has 0 aliphatic rings. The minimum Gasteiger partial charge on any atom is -0.462 e. The number of nitriles is 1. The van der Waals surface area contributed by atoms with Gasteiger partial charge in [0.15, 0.2) is 0 Å². The van der Waals surface area contributed by atoms with Crippen molar-refractivity contribution in [3.05, 3.63) is 35.4 Å². The fraction of sp³-hybridized carbons (Fsp3) is 0.250. The lowest BCUT2D eigenvalue weighted by molar-refractivity contribution is -0.137. The van der Waals surface area contributed by atoms with Gasteiger partial charge in [-0.1, -0.05) is 18.2 Å². The first-order chi connectivity index (χ1) is 10.1. The van der Waals surface area contributed by atoms with E-state index in [1.807, 2.05) is 41.8 Å². The van der Waals surface area contributed by atoms with Crippen LogP contribution in [0.15, 0.2) is 29.8 Å². The lowest BCUT2D eigenvalue weighted by atomic mass is 10.1. The van der Waals surface area contributed by atoms with Gasteiger partial charge in [0.1, 0.15) is 17.5 Å². The number of benzene rings is 1. The first-order valence-electron chi connectivity index (χ1n) is 6.79. The summed E-state index contributed by atoms with van der Waals surface area (Å²) >= 11 is 0. The molecule has 5 nitrogen and oxygen atoms in total. The molecule has 0 spiro atoms. The molecule has 1 aromatic heterocycles. The van der Waals surface area contributed by atoms with E-state index in [1.165, 1.54) is 6.08 Å². The number of ether oxygens (including phenoxy) is 1. The van der Waals surface area contributed by atoms with Crippen LogP contribution in [0.25, 0.3) is 17.0 Å². The second-order valence-electron chi connectivity index (χ2n) is 4.45. The Hall–Kier alpha value is -2.74. The van der Waals surface area contributed by atoms with E-state index < -0.39 is 5.97 Å². The van der Waals surface area contributed by atoms with E-state index in [1.54, 1.807) is 6.92 Å². The van der Waals surface area contributed by atoms with Gasteiger partial charge >= 0.3 is 5.97 Å². The summed E-state index contributed by atoms with van der Waals surface area (Å²) in [5.74, 6) is -0.0940. The summed E-state index contributed by atoms with van der Waals surface area (Å²) in [6, 6.07) is 9.58. The molecule has 0 unspecified atom stereocenters. The first-order valence-corrected chi connectivity index (χ1v) is 6.79. The lowest BCUT2D eigenvalue weighted by Gasteiger charge is -2.03. The Labute approximate surface area is 123 Å². The van der Waals surface area contributed by atoms with Crippen LogP contribution in [-0.4, -0.2) is 17.1 Å². The van der Waals surface area contributed by atoms with Gasteiger partial charge in [-0.05, 0) is 26.0 Å². The molecule has 1 heterocycles. The van der Waals surface area contributed by atoms with Crippen LogP contribution in [0.2, 0.25) is 0 Å². The van der Waals surface area contributed by atoms with Crippen molar-refractivity contribution in [2.75, 3.05) is 12.3 Å². The maximum absolute atomic E-state index is 11.7. The molecule has 2 rings (SSSR count). The molecule has 0 atom stereocenters. The zero-order valence-electron chi connectivity index (χ0n) is 12.1. The predicted octanol–water partition coefficient (Wildman–Crippen LogP) is 2.71. The number of nitrogen functional groups attached to an aromatic ring is 1. The van der Waals surface area contributed by atoms with Gasteiger partial charge in [0, 0.05) is 17.5 Å². The normalized spacial score (nSPS) is 11.4. The van der Waals surface area contributed by atoms with Gasteiger partial charge in [0.05, 0.1) is 12.1 Å². The van der Waals surface area contributed by atoms with Crippen LogP contribution in [0.1, 0.15) is 19.4 Å². The second-order valence-corrected chi connectivity index (χ2v) is 4.45. The van der Waals surface area contributed by atoms with Crippen LogP contribution in [0, 0.1) is 11.3 Å². The third-order valence-corrected chi connectivity index (χ3v) is 3.27. The number of para-hydroxylation sites is 1. The second kappa shape index (κ2) is 6.14. The summed E-state index contributed by atoms with van der Waals surface area (Å²) in [4.78, 5) is 11.7. The maximum Gasteiger partial charge on any atom is 0.348 e. The number of rotatable bonds is 4. The van der Waals surface area contributed by atoms with Crippen molar-refractivity contribution in [2.24, 2.45) is 0 Å². The molecule has 0 aliphatic heterocycles. The molecule has 2 N–H and O–H groups in total. The van der Waals surface area contributed by atoms with Gasteiger partial charge in [-0.3, -0.25) is 0 Å². The molecule has 21 heavy (non-hydrogen) atoms. The summed E-state index contributed by atoms with van der Waals surface area (Å²) in [5, 5.41) is 10.1. The molecule has 1 aromatic carbocycles. The number of aromatic nitrogens is 1. The van der Waals surface area contributed by atoms with Crippen LogP contribution in [0.4, 0.5) is 5.82 Å². The average molecular weight is 283 g/mol. The summed E-state index contributed by atoms with van der Waals surface area (Å²) in [6.07, 6.45) is 1.50. The Balaban J connectivity index is 2.64. The van der Waals surface area contributed by atoms with Gasteiger partial charge in [-0.15, -0.1) is 0 Å².